The van der Waals surface area contributed by atoms with E-state index in [1.165, 1.54) is 66.1 Å². The van der Waals surface area contributed by atoms with Crippen LogP contribution in [0.3, 0.4) is 0 Å². The van der Waals surface area contributed by atoms with Crippen LogP contribution >= 0.6 is 0 Å². The van der Waals surface area contributed by atoms with Crippen molar-refractivity contribution in [3.05, 3.63) is 60.0 Å². The fourth-order valence-corrected chi connectivity index (χ4v) is 5.48. The van der Waals surface area contributed by atoms with E-state index in [4.69, 9.17) is 4.84 Å². The van der Waals surface area contributed by atoms with Crippen molar-refractivity contribution < 1.29 is 4.84 Å². The van der Waals surface area contributed by atoms with Crippen molar-refractivity contribution in [2.24, 2.45) is 5.92 Å². The lowest BCUT2D eigenvalue weighted by atomic mass is 9.81. The topological polar surface area (TPSA) is 37.4 Å². The van der Waals surface area contributed by atoms with Crippen LogP contribution in [0, 0.1) is 5.92 Å². The second-order valence-electron chi connectivity index (χ2n) is 9.87. The quantitative estimate of drug-likeness (QED) is 0.510. The first-order valence-electron chi connectivity index (χ1n) is 12.6. The Morgan fingerprint density at radius 2 is 2.03 bits per heavy atom. The van der Waals surface area contributed by atoms with E-state index in [0.29, 0.717) is 12.0 Å². The molecule has 2 aromatic rings. The van der Waals surface area contributed by atoms with Gasteiger partial charge in [-0.2, -0.15) is 5.06 Å². The molecule has 1 aromatic heterocycles. The van der Waals surface area contributed by atoms with Gasteiger partial charge in [-0.15, -0.1) is 0 Å². The van der Waals surface area contributed by atoms with Gasteiger partial charge in [0.05, 0.1) is 7.11 Å². The molecule has 1 unspecified atom stereocenters. The third-order valence-electron chi connectivity index (χ3n) is 7.72. The minimum atomic E-state index is 0.465. The van der Waals surface area contributed by atoms with Crippen molar-refractivity contribution in [2.45, 2.75) is 69.7 Å². The van der Waals surface area contributed by atoms with Crippen LogP contribution in [-0.2, 0) is 4.84 Å². The van der Waals surface area contributed by atoms with Gasteiger partial charge in [-0.25, -0.2) is 0 Å². The summed E-state index contributed by atoms with van der Waals surface area (Å²) in [7, 11) is 1.77. The smallest absolute Gasteiger partial charge is 0.0575 e. The number of hydroxylamine groups is 2. The summed E-state index contributed by atoms with van der Waals surface area (Å²) in [6.07, 6.45) is 22.8. The predicted molar refractivity (Wildman–Crippen MR) is 133 cm³/mol. The Bertz CT molecular complexity index is 970. The number of fused-ring (bicyclic) bond motifs is 1. The van der Waals surface area contributed by atoms with Crippen LogP contribution in [0.25, 0.3) is 10.8 Å². The normalized spacial score (nSPS) is 22.7. The van der Waals surface area contributed by atoms with Gasteiger partial charge in [0.1, 0.15) is 0 Å². The fourth-order valence-electron chi connectivity index (χ4n) is 5.48. The Labute approximate surface area is 192 Å². The summed E-state index contributed by atoms with van der Waals surface area (Å²) in [5.41, 5.74) is 4.18. The van der Waals surface area contributed by atoms with Crippen molar-refractivity contribution >= 4 is 16.5 Å². The summed E-state index contributed by atoms with van der Waals surface area (Å²) in [6, 6.07) is 7.39. The summed E-state index contributed by atoms with van der Waals surface area (Å²) < 4.78 is 0. The Hall–Kier alpha value is -2.17. The van der Waals surface area contributed by atoms with E-state index in [9.17, 15) is 0 Å². The molecule has 1 saturated heterocycles. The van der Waals surface area contributed by atoms with Gasteiger partial charge in [0.15, 0.2) is 0 Å². The lowest BCUT2D eigenvalue weighted by molar-refractivity contribution is -0.142. The van der Waals surface area contributed by atoms with E-state index in [2.05, 4.69) is 51.8 Å². The molecule has 2 fully saturated rings. The van der Waals surface area contributed by atoms with Gasteiger partial charge < -0.3 is 10.2 Å². The third kappa shape index (κ3) is 5.07. The minimum absolute atomic E-state index is 0.465. The number of aromatic nitrogens is 1. The zero-order valence-electron chi connectivity index (χ0n) is 19.4. The zero-order valence-corrected chi connectivity index (χ0v) is 19.4. The molecule has 0 amide bonds. The number of rotatable bonds is 8. The number of hydrogen-bond acceptors (Lipinski definition) is 4. The fraction of sp³-hybridized carbons (Fsp3) is 0.536. The Morgan fingerprint density at radius 3 is 2.81 bits per heavy atom. The van der Waals surface area contributed by atoms with E-state index in [1.54, 1.807) is 7.11 Å². The van der Waals surface area contributed by atoms with E-state index in [1.807, 2.05) is 12.4 Å². The molecule has 32 heavy (non-hydrogen) atoms. The second-order valence-corrected chi connectivity index (χ2v) is 9.87. The third-order valence-corrected chi connectivity index (χ3v) is 7.72. The largest absolute Gasteiger partial charge is 0.382 e. The van der Waals surface area contributed by atoms with Crippen LogP contribution in [-0.4, -0.2) is 36.3 Å². The molecule has 1 aromatic carbocycles. The van der Waals surface area contributed by atoms with Crippen molar-refractivity contribution in [2.75, 3.05) is 25.5 Å². The van der Waals surface area contributed by atoms with E-state index >= 15 is 0 Å². The molecule has 0 spiro atoms. The van der Waals surface area contributed by atoms with Crippen LogP contribution in [0.1, 0.15) is 69.3 Å². The van der Waals surface area contributed by atoms with E-state index in [0.717, 1.165) is 38.3 Å². The van der Waals surface area contributed by atoms with Crippen molar-refractivity contribution in [3.63, 3.8) is 0 Å². The molecule has 2 aliphatic carbocycles. The number of benzene rings is 1. The first kappa shape index (κ1) is 21.7. The Balaban J connectivity index is 1.32. The Kier molecular flexibility index (Phi) is 6.89. The maximum Gasteiger partial charge on any atom is 0.0575 e. The van der Waals surface area contributed by atoms with Gasteiger partial charge >= 0.3 is 0 Å². The molecule has 170 valence electrons. The number of pyridine rings is 1. The number of anilines is 1. The van der Waals surface area contributed by atoms with Crippen molar-refractivity contribution in [1.29, 1.82) is 0 Å². The van der Waals surface area contributed by atoms with Crippen molar-refractivity contribution in [1.82, 2.24) is 10.0 Å². The lowest BCUT2D eigenvalue weighted by Crippen LogP contribution is -2.38. The summed E-state index contributed by atoms with van der Waals surface area (Å²) in [5.74, 6) is 1.48. The lowest BCUT2D eigenvalue weighted by Gasteiger charge is -2.31. The van der Waals surface area contributed by atoms with Crippen molar-refractivity contribution in [3.8, 4) is 0 Å². The number of hydrogen-bond donors (Lipinski definition) is 1. The SMILES string of the molecule is CON1CCC(Nc2cc(C3C=C(CCCC4CCC4)C=CC3)cc3ccncc23)CC1. The molecule has 2 heterocycles. The summed E-state index contributed by atoms with van der Waals surface area (Å²) >= 11 is 0. The standard InChI is InChI=1S/C28H37N3O/c1-32-31-15-12-26(13-16-31)30-28-19-25(18-24-11-14-29-20-27(24)28)23-10-4-9-22(17-23)8-3-7-21-5-2-6-21/h4,9,11,14,17-21,23,26,30H,2-3,5-8,10,12-13,15-16H2,1H3. The number of allylic oxidation sites excluding steroid dienone is 4. The van der Waals surface area contributed by atoms with Crippen LogP contribution in [0.4, 0.5) is 5.69 Å². The Morgan fingerprint density at radius 1 is 1.16 bits per heavy atom. The number of nitrogens with zero attached hydrogens (tertiary/aromatic N) is 2. The minimum Gasteiger partial charge on any atom is -0.382 e. The average Bonchev–Trinajstić information content (AvgIpc) is 2.81. The van der Waals surface area contributed by atoms with Crippen LogP contribution in [0.2, 0.25) is 0 Å². The average molecular weight is 432 g/mol. The first-order valence-corrected chi connectivity index (χ1v) is 12.6. The van der Waals surface area contributed by atoms with Gasteiger partial charge in [0, 0.05) is 48.5 Å². The molecule has 0 radical (unpaired) electrons. The van der Waals surface area contributed by atoms with Gasteiger partial charge in [-0.1, -0.05) is 55.6 Å². The molecule has 1 saturated carbocycles. The highest BCUT2D eigenvalue weighted by molar-refractivity contribution is 5.94. The number of nitrogens with one attached hydrogen (secondary N) is 1. The summed E-state index contributed by atoms with van der Waals surface area (Å²) in [5, 5.41) is 8.42. The van der Waals surface area contributed by atoms with Gasteiger partial charge in [-0.05, 0) is 61.1 Å². The van der Waals surface area contributed by atoms with Gasteiger partial charge in [0.25, 0.3) is 0 Å². The molecule has 3 aliphatic rings. The first-order chi connectivity index (χ1) is 15.8. The predicted octanol–water partition coefficient (Wildman–Crippen LogP) is 6.61. The van der Waals surface area contributed by atoms with Gasteiger partial charge in [-0.3, -0.25) is 4.98 Å². The summed E-state index contributed by atoms with van der Waals surface area (Å²) in [6.45, 7) is 1.95. The molecular weight excluding hydrogens is 394 g/mol. The monoisotopic (exact) mass is 431 g/mol. The highest BCUT2D eigenvalue weighted by Crippen LogP contribution is 2.36. The molecular formula is C28H37N3O. The molecule has 1 aliphatic heterocycles. The van der Waals surface area contributed by atoms with Gasteiger partial charge in [0.2, 0.25) is 0 Å². The summed E-state index contributed by atoms with van der Waals surface area (Å²) in [4.78, 5) is 9.82. The van der Waals surface area contributed by atoms with Crippen LogP contribution in [0.15, 0.2) is 54.4 Å². The van der Waals surface area contributed by atoms with E-state index < -0.39 is 0 Å². The second kappa shape index (κ2) is 10.2. The molecule has 4 nitrogen and oxygen atoms in total. The van der Waals surface area contributed by atoms with Crippen LogP contribution < -0.4 is 5.32 Å². The maximum absolute atomic E-state index is 5.40. The highest BCUT2D eigenvalue weighted by Gasteiger charge is 2.21. The number of piperidine rings is 1. The maximum atomic E-state index is 5.40. The molecule has 1 N–H and O–H groups in total. The highest BCUT2D eigenvalue weighted by atomic mass is 16.7. The molecule has 1 atom stereocenters. The molecule has 0 bridgehead atoms. The molecule has 4 heteroatoms. The van der Waals surface area contributed by atoms with E-state index in [-0.39, 0.29) is 0 Å². The zero-order chi connectivity index (χ0) is 21.8. The van der Waals surface area contributed by atoms with Crippen LogP contribution in [0.5, 0.6) is 0 Å². The molecule has 5 rings (SSSR count).